The number of hydrogen-bond acceptors (Lipinski definition) is 6. The molecule has 0 saturated carbocycles. The van der Waals surface area contributed by atoms with Gasteiger partial charge in [-0.15, -0.1) is 0 Å². The molecular weight excluding hydrogens is 1170 g/mol. The summed E-state index contributed by atoms with van der Waals surface area (Å²) >= 11 is 0. The Bertz CT molecular complexity index is 5160. The van der Waals surface area contributed by atoms with E-state index in [4.69, 9.17) is 19.9 Å². The van der Waals surface area contributed by atoms with Crippen molar-refractivity contribution in [3.63, 3.8) is 0 Å². The monoisotopic (exact) mass is 1210 g/mol. The van der Waals surface area contributed by atoms with E-state index in [1.54, 1.807) is 36.9 Å². The lowest BCUT2D eigenvalue weighted by molar-refractivity contribution is -0.137. The van der Waals surface area contributed by atoms with Crippen molar-refractivity contribution in [3.8, 4) is 124 Å². The number of halogens is 3. The molecule has 0 spiro atoms. The maximum absolute atomic E-state index is 15.7. The third kappa shape index (κ3) is 10.3. The molecule has 16 aromatic rings. The number of rotatable bonds is 11. The van der Waals surface area contributed by atoms with Crippen molar-refractivity contribution < 1.29 is 13.2 Å². The average molecular weight is 1220 g/mol. The van der Waals surface area contributed by atoms with E-state index >= 15 is 13.2 Å². The van der Waals surface area contributed by atoms with Gasteiger partial charge in [-0.3, -0.25) is 19.9 Å². The number of alkyl halides is 3. The van der Waals surface area contributed by atoms with Crippen molar-refractivity contribution in [2.24, 2.45) is 0 Å². The Morgan fingerprint density at radius 3 is 0.851 bits per heavy atom. The topological polar surface area (TPSA) is 109 Å². The van der Waals surface area contributed by atoms with Crippen molar-refractivity contribution in [3.05, 3.63) is 314 Å². The molecule has 16 rings (SSSR count). The molecule has 94 heavy (non-hydrogen) atoms. The van der Waals surface area contributed by atoms with E-state index in [0.717, 1.165) is 123 Å². The second kappa shape index (κ2) is 23.2. The fourth-order valence-electron chi connectivity index (χ4n) is 13.1. The minimum Gasteiger partial charge on any atom is -0.308 e. The van der Waals surface area contributed by atoms with Gasteiger partial charge in [0.25, 0.3) is 0 Å². The summed E-state index contributed by atoms with van der Waals surface area (Å²) in [7, 11) is 0. The van der Waals surface area contributed by atoms with Gasteiger partial charge in [0.15, 0.2) is 0 Å². The van der Waals surface area contributed by atoms with Crippen LogP contribution in [0.3, 0.4) is 0 Å². The smallest absolute Gasteiger partial charge is 0.308 e. The van der Waals surface area contributed by atoms with Crippen LogP contribution in [0.4, 0.5) is 13.2 Å². The van der Waals surface area contributed by atoms with Crippen molar-refractivity contribution in [2.45, 2.75) is 6.18 Å². The molecule has 0 saturated heterocycles. The summed E-state index contributed by atoms with van der Waals surface area (Å²) in [4.78, 5) is 19.1. The minimum absolute atomic E-state index is 0.108. The number of hydrogen-bond donors (Lipinski definition) is 0. The van der Waals surface area contributed by atoms with Gasteiger partial charge in [-0.1, -0.05) is 170 Å². The highest BCUT2D eigenvalue weighted by atomic mass is 19.4. The van der Waals surface area contributed by atoms with E-state index in [1.807, 2.05) is 146 Å². The Morgan fingerprint density at radius 1 is 0.277 bits per heavy atom. The molecule has 0 fully saturated rings. The van der Waals surface area contributed by atoms with Gasteiger partial charge in [0, 0.05) is 74.1 Å². The molecule has 0 N–H and O–H groups in total. The third-order valence-electron chi connectivity index (χ3n) is 17.6. The zero-order chi connectivity index (χ0) is 63.4. The van der Waals surface area contributed by atoms with E-state index in [-0.39, 0.29) is 16.7 Å². The van der Waals surface area contributed by atoms with Crippen molar-refractivity contribution in [1.82, 2.24) is 29.1 Å². The van der Waals surface area contributed by atoms with Crippen LogP contribution in [0, 0.1) is 22.7 Å². The summed E-state index contributed by atoms with van der Waals surface area (Å²) in [5.74, 6) is 0. The number of pyridine rings is 4. The first-order valence-electron chi connectivity index (χ1n) is 30.6. The normalized spacial score (nSPS) is 11.5. The van der Waals surface area contributed by atoms with E-state index < -0.39 is 11.7 Å². The summed E-state index contributed by atoms with van der Waals surface area (Å²) in [6.45, 7) is 0. The predicted octanol–water partition coefficient (Wildman–Crippen LogP) is 21.2. The Balaban J connectivity index is 1.03. The van der Waals surface area contributed by atoms with E-state index in [0.29, 0.717) is 39.0 Å². The lowest BCUT2D eigenvalue weighted by atomic mass is 9.94. The van der Waals surface area contributed by atoms with Crippen LogP contribution in [0.15, 0.2) is 298 Å². The van der Waals surface area contributed by atoms with Gasteiger partial charge in [0.1, 0.15) is 0 Å². The summed E-state index contributed by atoms with van der Waals surface area (Å²) in [6, 6.07) is 92.6. The molecule has 0 aliphatic carbocycles. The van der Waals surface area contributed by atoms with Gasteiger partial charge in [-0.2, -0.15) is 23.7 Å². The summed E-state index contributed by atoms with van der Waals surface area (Å²) < 4.78 is 51.2. The molecule has 6 heterocycles. The molecule has 0 aliphatic rings. The Labute approximate surface area is 538 Å². The molecule has 0 radical (unpaired) electrons. The molecule has 0 atom stereocenters. The molecule has 8 nitrogen and oxygen atoms in total. The largest absolute Gasteiger partial charge is 0.416 e. The number of nitrogens with zero attached hydrogens (tertiary/aromatic N) is 8. The maximum atomic E-state index is 15.7. The number of fused-ring (bicyclic) bond motifs is 6. The highest BCUT2D eigenvalue weighted by Crippen LogP contribution is 2.47. The van der Waals surface area contributed by atoms with Crippen LogP contribution < -0.4 is 0 Å². The van der Waals surface area contributed by atoms with Crippen LogP contribution in [0.25, 0.3) is 156 Å². The quantitative estimate of drug-likeness (QED) is 0.128. The average Bonchev–Trinajstić information content (AvgIpc) is 1.52. The molecule has 0 unspecified atom stereocenters. The highest BCUT2D eigenvalue weighted by Gasteiger charge is 2.33. The minimum atomic E-state index is -4.86. The molecule has 0 aliphatic heterocycles. The Morgan fingerprint density at radius 2 is 0.564 bits per heavy atom. The van der Waals surface area contributed by atoms with E-state index in [1.165, 1.54) is 6.07 Å². The maximum Gasteiger partial charge on any atom is 0.416 e. The van der Waals surface area contributed by atoms with Crippen LogP contribution in [-0.4, -0.2) is 29.1 Å². The zero-order valence-electron chi connectivity index (χ0n) is 50.0. The lowest BCUT2D eigenvalue weighted by Crippen LogP contribution is -2.08. The number of benzene rings is 10. The first-order chi connectivity index (χ1) is 46.1. The van der Waals surface area contributed by atoms with Crippen molar-refractivity contribution >= 4 is 43.6 Å². The predicted molar refractivity (Wildman–Crippen MR) is 370 cm³/mol. The van der Waals surface area contributed by atoms with Gasteiger partial charge in [0.05, 0.1) is 85.0 Å². The summed E-state index contributed by atoms with van der Waals surface area (Å²) in [5, 5.41) is 25.8. The van der Waals surface area contributed by atoms with Crippen LogP contribution in [0.2, 0.25) is 0 Å². The standard InChI is InChI=1S/C83H49F3N8/c84-83(85,86)67-38-52(50-87)37-66(41-67)82-80(93-76-46-58(62-29-33-89-72(42-62)54-13-5-1-6-14-54)21-25-68(76)69-26-22-59(47-77(69)93)63-30-34-90-73(43-63)55-15-7-2-8-16-55)39-53(51-88)40-81(82)94-78-48-60(64-31-35-91-74(44-64)56-17-9-3-10-18-56)23-27-70(78)71-28-24-61(49-79(71)94)65-32-36-92-75(45-65)57-19-11-4-12-20-57/h1-49H. The van der Waals surface area contributed by atoms with Crippen molar-refractivity contribution in [2.75, 3.05) is 0 Å². The molecule has 10 aromatic carbocycles. The van der Waals surface area contributed by atoms with Gasteiger partial charge in [-0.05, 0) is 153 Å². The first-order valence-corrected chi connectivity index (χ1v) is 30.6. The molecule has 11 heteroatoms. The molecule has 442 valence electrons. The second-order valence-corrected chi connectivity index (χ2v) is 23.2. The van der Waals surface area contributed by atoms with E-state index in [2.05, 4.69) is 118 Å². The molecule has 0 amide bonds. The molecule has 0 bridgehead atoms. The third-order valence-corrected chi connectivity index (χ3v) is 17.6. The van der Waals surface area contributed by atoms with Gasteiger partial charge >= 0.3 is 6.18 Å². The van der Waals surface area contributed by atoms with Crippen LogP contribution >= 0.6 is 0 Å². The van der Waals surface area contributed by atoms with Crippen LogP contribution in [0.5, 0.6) is 0 Å². The fraction of sp³-hybridized carbons (Fsp3) is 0.0120. The van der Waals surface area contributed by atoms with Crippen molar-refractivity contribution in [1.29, 1.82) is 10.5 Å². The van der Waals surface area contributed by atoms with Gasteiger partial charge in [-0.25, -0.2) is 0 Å². The highest BCUT2D eigenvalue weighted by molar-refractivity contribution is 6.14. The fourth-order valence-corrected chi connectivity index (χ4v) is 13.1. The number of aromatic nitrogens is 6. The number of nitriles is 2. The molecular formula is C83H49F3N8. The zero-order valence-corrected chi connectivity index (χ0v) is 50.0. The van der Waals surface area contributed by atoms with E-state index in [9.17, 15) is 10.5 Å². The van der Waals surface area contributed by atoms with Gasteiger partial charge < -0.3 is 9.13 Å². The van der Waals surface area contributed by atoms with Gasteiger partial charge in [0.2, 0.25) is 0 Å². The van der Waals surface area contributed by atoms with Crippen LogP contribution in [-0.2, 0) is 6.18 Å². The first kappa shape index (κ1) is 56.4. The molecule has 6 aromatic heterocycles. The Kier molecular flexibility index (Phi) is 13.9. The SMILES string of the molecule is N#Cc1cc(-c2c(-n3c4cc(-c5ccnc(-c6ccccc6)c5)ccc4c4ccc(-c5ccnc(-c6ccccc6)c5)cc43)cc(C#N)cc2-n2c3cc(-c4ccnc(-c5ccccc5)c4)ccc3c3ccc(-c4ccnc(-c5ccccc5)c4)cc32)cc(C(F)(F)F)c1. The van der Waals surface area contributed by atoms with Crippen LogP contribution in [0.1, 0.15) is 16.7 Å². The lowest BCUT2D eigenvalue weighted by Gasteiger charge is -2.22. The summed E-state index contributed by atoms with van der Waals surface area (Å²) in [5.41, 5.74) is 17.0. The Hall–Kier alpha value is -12.8. The summed E-state index contributed by atoms with van der Waals surface area (Å²) in [6.07, 6.45) is 2.30. The second-order valence-electron chi connectivity index (χ2n) is 23.2.